The van der Waals surface area contributed by atoms with E-state index in [4.69, 9.17) is 0 Å². The van der Waals surface area contributed by atoms with Crippen molar-refractivity contribution >= 4 is 51.8 Å². The van der Waals surface area contributed by atoms with Gasteiger partial charge in [-0.3, -0.25) is 0 Å². The van der Waals surface area contributed by atoms with Gasteiger partial charge in [-0.25, -0.2) is 0 Å². The molecule has 2 aliphatic heterocycles. The SMILES string of the molecule is CC(C)(C)c1ccc(N2c3ccc(C(C)(C)C)cc3B3C4=C(c5ccccc5C4(C)C)N(c4ccc(C(C)(C)C)cc4-c4ccccc4)c4cccc2c43)cc1. The van der Waals surface area contributed by atoms with E-state index in [1.807, 2.05) is 0 Å². The van der Waals surface area contributed by atoms with Gasteiger partial charge in [-0.1, -0.05) is 173 Å². The zero-order valence-corrected chi connectivity index (χ0v) is 35.2. The van der Waals surface area contributed by atoms with Gasteiger partial charge in [0, 0.05) is 45.0 Å². The Bertz CT molecular complexity index is 2550. The van der Waals surface area contributed by atoms with E-state index in [0.717, 1.165) is 0 Å². The van der Waals surface area contributed by atoms with Crippen LogP contribution in [0.3, 0.4) is 0 Å². The third kappa shape index (κ3) is 5.53. The van der Waals surface area contributed by atoms with Crippen molar-refractivity contribution in [3.05, 3.63) is 167 Å². The molecule has 9 rings (SSSR count). The predicted octanol–water partition coefficient (Wildman–Crippen LogP) is 13.0. The molecule has 0 amide bonds. The standard InChI is InChI=1S/C53H55BN2/c1-50(2,3)35-24-28-38(29-25-35)55-44-31-27-37(52(7,8)9)33-42(44)54-47-45(55)22-17-23-46(47)56(48-39-20-15-16-21-41(39)53(10,11)49(48)54)43-30-26-36(51(4,5)6)32-40(43)34-18-13-12-14-19-34/h12-33H,1-11H3. The second kappa shape index (κ2) is 12.4. The lowest BCUT2D eigenvalue weighted by atomic mass is 9.30. The Morgan fingerprint density at radius 1 is 0.464 bits per heavy atom. The zero-order valence-electron chi connectivity index (χ0n) is 35.2. The van der Waals surface area contributed by atoms with E-state index >= 15 is 0 Å². The van der Waals surface area contributed by atoms with Gasteiger partial charge < -0.3 is 9.80 Å². The molecule has 0 saturated heterocycles. The van der Waals surface area contributed by atoms with Crippen LogP contribution in [0.15, 0.2) is 139 Å². The molecule has 56 heavy (non-hydrogen) atoms. The largest absolute Gasteiger partial charge is 0.311 e. The number of hydrogen-bond donors (Lipinski definition) is 0. The van der Waals surface area contributed by atoms with Crippen LogP contribution in [0.2, 0.25) is 0 Å². The summed E-state index contributed by atoms with van der Waals surface area (Å²) in [5.74, 6) is 0. The lowest BCUT2D eigenvalue weighted by molar-refractivity contribution is 0.590. The van der Waals surface area contributed by atoms with Gasteiger partial charge in [0.1, 0.15) is 0 Å². The van der Waals surface area contributed by atoms with E-state index in [1.165, 1.54) is 89.5 Å². The first kappa shape index (κ1) is 36.4. The van der Waals surface area contributed by atoms with Crippen molar-refractivity contribution in [3.8, 4) is 11.1 Å². The summed E-state index contributed by atoms with van der Waals surface area (Å²) in [5.41, 5.74) is 20.9. The van der Waals surface area contributed by atoms with Crippen LogP contribution >= 0.6 is 0 Å². The number of hydrogen-bond acceptors (Lipinski definition) is 2. The first-order valence-electron chi connectivity index (χ1n) is 20.5. The molecule has 3 heteroatoms. The van der Waals surface area contributed by atoms with Gasteiger partial charge >= 0.3 is 0 Å². The number of rotatable bonds is 3. The minimum absolute atomic E-state index is 0.000528. The van der Waals surface area contributed by atoms with Crippen LogP contribution < -0.4 is 20.7 Å². The van der Waals surface area contributed by atoms with E-state index < -0.39 is 0 Å². The van der Waals surface area contributed by atoms with Gasteiger partial charge in [0.2, 0.25) is 6.71 Å². The lowest BCUT2D eigenvalue weighted by Crippen LogP contribution is -2.57. The fourth-order valence-corrected chi connectivity index (χ4v) is 9.63. The highest BCUT2D eigenvalue weighted by Crippen LogP contribution is 2.57. The van der Waals surface area contributed by atoms with Crippen molar-refractivity contribution in [2.75, 3.05) is 9.80 Å². The predicted molar refractivity (Wildman–Crippen MR) is 243 cm³/mol. The summed E-state index contributed by atoms with van der Waals surface area (Å²) in [4.78, 5) is 5.19. The summed E-state index contributed by atoms with van der Waals surface area (Å²) in [7, 11) is 0. The minimum atomic E-state index is -0.219. The zero-order chi connectivity index (χ0) is 39.5. The average Bonchev–Trinajstić information content (AvgIpc) is 3.40. The molecule has 2 nitrogen and oxygen atoms in total. The molecule has 1 aliphatic carbocycles. The van der Waals surface area contributed by atoms with Crippen molar-refractivity contribution < 1.29 is 0 Å². The van der Waals surface area contributed by atoms with E-state index in [0.29, 0.717) is 0 Å². The molecule has 0 unspecified atom stereocenters. The molecule has 0 fully saturated rings. The molecule has 0 spiro atoms. The Labute approximate surface area is 336 Å². The number of anilines is 5. The quantitative estimate of drug-likeness (QED) is 0.167. The van der Waals surface area contributed by atoms with Gasteiger partial charge in [-0.05, 0) is 97.5 Å². The maximum Gasteiger partial charge on any atom is 0.248 e. The fraction of sp³-hybridized carbons (Fsp3) is 0.283. The second-order valence-corrected chi connectivity index (χ2v) is 19.9. The summed E-state index contributed by atoms with van der Waals surface area (Å²) in [6.45, 7) is 25.9. The highest BCUT2D eigenvalue weighted by atomic mass is 15.2. The molecule has 280 valence electrons. The molecule has 0 atom stereocenters. The molecular formula is C53H55BN2. The van der Waals surface area contributed by atoms with Crippen LogP contribution in [0.25, 0.3) is 16.8 Å². The Morgan fingerprint density at radius 3 is 1.66 bits per heavy atom. The van der Waals surface area contributed by atoms with Crippen LogP contribution in [0.4, 0.5) is 28.4 Å². The van der Waals surface area contributed by atoms with Crippen LogP contribution in [0, 0.1) is 0 Å². The number of fused-ring (bicyclic) bond motifs is 5. The fourth-order valence-electron chi connectivity index (χ4n) is 9.63. The molecule has 0 N–H and O–H groups in total. The molecular weight excluding hydrogens is 675 g/mol. The summed E-state index contributed by atoms with van der Waals surface area (Å²) in [5, 5.41) is 0. The van der Waals surface area contributed by atoms with E-state index in [1.54, 1.807) is 0 Å². The summed E-state index contributed by atoms with van der Waals surface area (Å²) in [6.07, 6.45) is 0. The van der Waals surface area contributed by atoms with Crippen molar-refractivity contribution in [2.45, 2.75) is 97.8 Å². The number of benzene rings is 6. The van der Waals surface area contributed by atoms with Gasteiger partial charge in [0.25, 0.3) is 0 Å². The lowest BCUT2D eigenvalue weighted by Gasteiger charge is -2.46. The summed E-state index contributed by atoms with van der Waals surface area (Å²) < 4.78 is 0. The molecule has 2 heterocycles. The molecule has 3 aliphatic rings. The van der Waals surface area contributed by atoms with Crippen LogP contribution in [0.5, 0.6) is 0 Å². The van der Waals surface area contributed by atoms with Crippen LogP contribution in [-0.2, 0) is 21.7 Å². The van der Waals surface area contributed by atoms with Crippen molar-refractivity contribution in [2.24, 2.45) is 0 Å². The smallest absolute Gasteiger partial charge is 0.248 e. The van der Waals surface area contributed by atoms with E-state index in [9.17, 15) is 0 Å². The highest BCUT2D eigenvalue weighted by molar-refractivity contribution is 6.96. The Hall–Kier alpha value is -5.28. The van der Waals surface area contributed by atoms with Crippen LogP contribution in [-0.4, -0.2) is 6.71 Å². The van der Waals surface area contributed by atoms with Gasteiger partial charge in [0.05, 0.1) is 5.69 Å². The Balaban J connectivity index is 1.40. The maximum atomic E-state index is 2.65. The van der Waals surface area contributed by atoms with Crippen molar-refractivity contribution in [1.29, 1.82) is 0 Å². The topological polar surface area (TPSA) is 6.48 Å². The highest BCUT2D eigenvalue weighted by Gasteiger charge is 2.53. The average molecular weight is 731 g/mol. The van der Waals surface area contributed by atoms with Crippen molar-refractivity contribution in [3.63, 3.8) is 0 Å². The summed E-state index contributed by atoms with van der Waals surface area (Å²) in [6, 6.07) is 51.1. The number of nitrogens with zero attached hydrogens (tertiary/aromatic N) is 2. The van der Waals surface area contributed by atoms with Gasteiger partial charge in [-0.2, -0.15) is 0 Å². The summed E-state index contributed by atoms with van der Waals surface area (Å²) >= 11 is 0. The Kier molecular flexibility index (Phi) is 8.03. The maximum absolute atomic E-state index is 2.65. The number of allylic oxidation sites excluding steroid dienone is 1. The van der Waals surface area contributed by atoms with Crippen molar-refractivity contribution in [1.82, 2.24) is 0 Å². The van der Waals surface area contributed by atoms with E-state index in [2.05, 4.69) is 219 Å². The first-order valence-corrected chi connectivity index (χ1v) is 20.5. The van der Waals surface area contributed by atoms with Crippen LogP contribution in [0.1, 0.15) is 104 Å². The van der Waals surface area contributed by atoms with E-state index in [-0.39, 0.29) is 28.4 Å². The molecule has 0 saturated carbocycles. The molecule has 0 aromatic heterocycles. The third-order valence-corrected chi connectivity index (χ3v) is 12.8. The molecule has 6 aromatic rings. The minimum Gasteiger partial charge on any atom is -0.311 e. The third-order valence-electron chi connectivity index (χ3n) is 12.8. The van der Waals surface area contributed by atoms with Gasteiger partial charge in [0.15, 0.2) is 0 Å². The molecule has 0 bridgehead atoms. The Morgan fingerprint density at radius 2 is 1.02 bits per heavy atom. The molecule has 0 radical (unpaired) electrons. The monoisotopic (exact) mass is 730 g/mol. The molecule has 6 aromatic carbocycles. The second-order valence-electron chi connectivity index (χ2n) is 19.9. The van der Waals surface area contributed by atoms with Gasteiger partial charge in [-0.15, -0.1) is 0 Å². The first-order chi connectivity index (χ1) is 26.5. The normalized spacial score (nSPS) is 15.7.